The summed E-state index contributed by atoms with van der Waals surface area (Å²) in [4.78, 5) is 3.00. The Hall–Kier alpha value is -0.800. The summed E-state index contributed by atoms with van der Waals surface area (Å²) in [6.07, 6.45) is 4.46. The van der Waals surface area contributed by atoms with Crippen LogP contribution in [0.25, 0.3) is 0 Å². The van der Waals surface area contributed by atoms with Gasteiger partial charge in [-0.3, -0.25) is 0 Å². The summed E-state index contributed by atoms with van der Waals surface area (Å²) in [7, 11) is 0. The van der Waals surface area contributed by atoms with Crippen molar-refractivity contribution in [3.8, 4) is 0 Å². The van der Waals surface area contributed by atoms with Crippen molar-refractivity contribution in [2.75, 3.05) is 0 Å². The molecule has 0 aliphatic rings. The average molecular weight is 182 g/mol. The fourth-order valence-corrected chi connectivity index (χ4v) is 1.36. The van der Waals surface area contributed by atoms with Gasteiger partial charge in [-0.05, 0) is 31.9 Å². The summed E-state index contributed by atoms with van der Waals surface area (Å²) >= 11 is 0. The second kappa shape index (κ2) is 5.04. The molecule has 0 aliphatic heterocycles. The molecular formula is C10H18N2O. The van der Waals surface area contributed by atoms with Crippen molar-refractivity contribution in [2.24, 2.45) is 0 Å². The van der Waals surface area contributed by atoms with Gasteiger partial charge < -0.3 is 15.4 Å². The Morgan fingerprint density at radius 3 is 2.85 bits per heavy atom. The van der Waals surface area contributed by atoms with Gasteiger partial charge in [0.05, 0.1) is 6.10 Å². The Morgan fingerprint density at radius 1 is 1.54 bits per heavy atom. The summed E-state index contributed by atoms with van der Waals surface area (Å²) in [5.41, 5.74) is 1.25. The maximum atomic E-state index is 9.13. The van der Waals surface area contributed by atoms with Crippen LogP contribution < -0.4 is 5.32 Å². The molecule has 1 heterocycles. The summed E-state index contributed by atoms with van der Waals surface area (Å²) in [5, 5.41) is 12.5. The highest BCUT2D eigenvalue weighted by Gasteiger charge is 2.04. The molecule has 3 heteroatoms. The number of rotatable bonds is 5. The van der Waals surface area contributed by atoms with Crippen LogP contribution in [-0.2, 0) is 6.54 Å². The van der Waals surface area contributed by atoms with Gasteiger partial charge in [0.1, 0.15) is 0 Å². The molecule has 0 saturated heterocycles. The molecule has 0 bridgehead atoms. The molecule has 1 rings (SSSR count). The first kappa shape index (κ1) is 10.3. The van der Waals surface area contributed by atoms with Crippen LogP contribution in [-0.4, -0.2) is 22.2 Å². The van der Waals surface area contributed by atoms with E-state index in [-0.39, 0.29) is 6.10 Å². The molecule has 2 atom stereocenters. The molecular weight excluding hydrogens is 164 g/mol. The minimum Gasteiger partial charge on any atom is -0.393 e. The molecule has 0 aliphatic carbocycles. The fraction of sp³-hybridized carbons (Fsp3) is 0.600. The van der Waals surface area contributed by atoms with E-state index in [0.29, 0.717) is 6.04 Å². The minimum atomic E-state index is -0.228. The molecule has 1 aromatic heterocycles. The lowest BCUT2D eigenvalue weighted by atomic mass is 10.1. The van der Waals surface area contributed by atoms with Crippen LogP contribution in [0.3, 0.4) is 0 Å². The third-order valence-electron chi connectivity index (χ3n) is 2.01. The molecule has 0 amide bonds. The fourth-order valence-electron chi connectivity index (χ4n) is 1.36. The van der Waals surface area contributed by atoms with E-state index in [1.165, 1.54) is 5.56 Å². The molecule has 0 spiro atoms. The number of H-pyrrole nitrogens is 1. The molecule has 0 saturated carbocycles. The zero-order chi connectivity index (χ0) is 9.68. The third-order valence-corrected chi connectivity index (χ3v) is 2.01. The topological polar surface area (TPSA) is 48.0 Å². The highest BCUT2D eigenvalue weighted by atomic mass is 16.3. The van der Waals surface area contributed by atoms with E-state index in [2.05, 4.69) is 17.2 Å². The highest BCUT2D eigenvalue weighted by molar-refractivity contribution is 5.07. The van der Waals surface area contributed by atoms with Gasteiger partial charge in [0, 0.05) is 25.0 Å². The van der Waals surface area contributed by atoms with E-state index in [4.69, 9.17) is 5.11 Å². The number of aromatic nitrogens is 1. The Balaban J connectivity index is 2.19. The standard InChI is InChI=1S/C10H18N2O/c1-8(5-9(2)13)12-7-10-3-4-11-6-10/h3-4,6,8-9,11-13H,5,7H2,1-2H3. The van der Waals surface area contributed by atoms with E-state index >= 15 is 0 Å². The summed E-state index contributed by atoms with van der Waals surface area (Å²) in [6.45, 7) is 4.76. The van der Waals surface area contributed by atoms with Crippen LogP contribution in [0.4, 0.5) is 0 Å². The normalized spacial score (nSPS) is 15.6. The second-order valence-corrected chi connectivity index (χ2v) is 3.59. The zero-order valence-electron chi connectivity index (χ0n) is 8.25. The quantitative estimate of drug-likeness (QED) is 0.642. The van der Waals surface area contributed by atoms with Gasteiger partial charge in [-0.1, -0.05) is 0 Å². The number of nitrogens with one attached hydrogen (secondary N) is 2. The van der Waals surface area contributed by atoms with Gasteiger partial charge in [0.25, 0.3) is 0 Å². The SMILES string of the molecule is CC(O)CC(C)NCc1cc[nH]c1. The molecule has 3 nitrogen and oxygen atoms in total. The van der Waals surface area contributed by atoms with Crippen molar-refractivity contribution in [1.29, 1.82) is 0 Å². The van der Waals surface area contributed by atoms with Gasteiger partial charge in [0.2, 0.25) is 0 Å². The van der Waals surface area contributed by atoms with Crippen molar-refractivity contribution in [1.82, 2.24) is 10.3 Å². The molecule has 1 aromatic rings. The number of aliphatic hydroxyl groups excluding tert-OH is 1. The number of hydrogen-bond acceptors (Lipinski definition) is 2. The van der Waals surface area contributed by atoms with Gasteiger partial charge in [-0.25, -0.2) is 0 Å². The number of hydrogen-bond donors (Lipinski definition) is 3. The molecule has 0 fully saturated rings. The van der Waals surface area contributed by atoms with E-state index in [9.17, 15) is 0 Å². The van der Waals surface area contributed by atoms with Crippen LogP contribution in [0.2, 0.25) is 0 Å². The lowest BCUT2D eigenvalue weighted by Crippen LogP contribution is -2.28. The first-order valence-corrected chi connectivity index (χ1v) is 4.71. The van der Waals surface area contributed by atoms with Gasteiger partial charge in [-0.2, -0.15) is 0 Å². The predicted octanol–water partition coefficient (Wildman–Crippen LogP) is 1.26. The summed E-state index contributed by atoms with van der Waals surface area (Å²) < 4.78 is 0. The molecule has 2 unspecified atom stereocenters. The minimum absolute atomic E-state index is 0.228. The van der Waals surface area contributed by atoms with Crippen LogP contribution in [0.5, 0.6) is 0 Å². The largest absolute Gasteiger partial charge is 0.393 e. The predicted molar refractivity (Wildman–Crippen MR) is 53.4 cm³/mol. The van der Waals surface area contributed by atoms with Crippen molar-refractivity contribution in [2.45, 2.75) is 39.0 Å². The van der Waals surface area contributed by atoms with Crippen molar-refractivity contribution in [3.05, 3.63) is 24.0 Å². The van der Waals surface area contributed by atoms with Crippen LogP contribution in [0.15, 0.2) is 18.5 Å². The number of aliphatic hydroxyl groups is 1. The molecule has 3 N–H and O–H groups in total. The summed E-state index contributed by atoms with van der Waals surface area (Å²) in [6, 6.07) is 2.40. The Morgan fingerprint density at radius 2 is 2.31 bits per heavy atom. The lowest BCUT2D eigenvalue weighted by Gasteiger charge is -2.14. The van der Waals surface area contributed by atoms with E-state index in [1.807, 2.05) is 25.4 Å². The molecule has 74 valence electrons. The Kier molecular flexibility index (Phi) is 3.99. The maximum absolute atomic E-state index is 9.13. The average Bonchev–Trinajstić information content (AvgIpc) is 2.51. The molecule has 0 aromatic carbocycles. The zero-order valence-corrected chi connectivity index (χ0v) is 8.25. The first-order valence-electron chi connectivity index (χ1n) is 4.71. The van der Waals surface area contributed by atoms with Gasteiger partial charge >= 0.3 is 0 Å². The van der Waals surface area contributed by atoms with Crippen molar-refractivity contribution < 1.29 is 5.11 Å². The van der Waals surface area contributed by atoms with Crippen molar-refractivity contribution in [3.63, 3.8) is 0 Å². The monoisotopic (exact) mass is 182 g/mol. The van der Waals surface area contributed by atoms with E-state index < -0.39 is 0 Å². The van der Waals surface area contributed by atoms with Gasteiger partial charge in [0.15, 0.2) is 0 Å². The lowest BCUT2D eigenvalue weighted by molar-refractivity contribution is 0.170. The Labute approximate surface area is 79.2 Å². The van der Waals surface area contributed by atoms with E-state index in [1.54, 1.807) is 0 Å². The van der Waals surface area contributed by atoms with Crippen LogP contribution in [0.1, 0.15) is 25.8 Å². The van der Waals surface area contributed by atoms with Crippen LogP contribution >= 0.6 is 0 Å². The molecule has 0 radical (unpaired) electrons. The Bertz CT molecular complexity index is 219. The highest BCUT2D eigenvalue weighted by Crippen LogP contribution is 2.00. The van der Waals surface area contributed by atoms with Crippen LogP contribution in [0, 0.1) is 0 Å². The first-order chi connectivity index (χ1) is 6.18. The summed E-state index contributed by atoms with van der Waals surface area (Å²) in [5.74, 6) is 0. The van der Waals surface area contributed by atoms with Gasteiger partial charge in [-0.15, -0.1) is 0 Å². The van der Waals surface area contributed by atoms with Crippen molar-refractivity contribution >= 4 is 0 Å². The maximum Gasteiger partial charge on any atom is 0.0526 e. The second-order valence-electron chi connectivity index (χ2n) is 3.59. The smallest absolute Gasteiger partial charge is 0.0526 e. The number of aromatic amines is 1. The third kappa shape index (κ3) is 4.10. The molecule has 13 heavy (non-hydrogen) atoms. The van der Waals surface area contributed by atoms with E-state index in [0.717, 1.165) is 13.0 Å².